The fourth-order valence-corrected chi connectivity index (χ4v) is 1.76. The van der Waals surface area contributed by atoms with Gasteiger partial charge in [0.25, 0.3) is 0 Å². The summed E-state index contributed by atoms with van der Waals surface area (Å²) in [6, 6.07) is 6.50. The van der Waals surface area contributed by atoms with Crippen molar-refractivity contribution in [2.24, 2.45) is 0 Å². The van der Waals surface area contributed by atoms with Crippen LogP contribution in [0.25, 0.3) is 0 Å². The number of aliphatic carboxylic acids is 1. The summed E-state index contributed by atoms with van der Waals surface area (Å²) in [5.74, 6) is 0.0797. The molecular weight excluding hydrogens is 248 g/mol. The van der Waals surface area contributed by atoms with Crippen LogP contribution in [0, 0.1) is 11.3 Å². The molecule has 0 bridgehead atoms. The van der Waals surface area contributed by atoms with E-state index in [-0.39, 0.29) is 6.54 Å². The average Bonchev–Trinajstić information content (AvgIpc) is 2.38. The van der Waals surface area contributed by atoms with Crippen molar-refractivity contribution in [2.75, 3.05) is 27.8 Å². The monoisotopic (exact) mass is 264 g/mol. The number of likely N-dealkylation sites (N-methyl/N-ethyl adjacent to an activating group) is 1. The number of carbonyl (C=O) groups is 1. The van der Waals surface area contributed by atoms with Crippen LogP contribution in [0.15, 0.2) is 18.2 Å². The smallest absolute Gasteiger partial charge is 0.317 e. The summed E-state index contributed by atoms with van der Waals surface area (Å²) in [7, 11) is 4.61. The molecule has 6 nitrogen and oxygen atoms in total. The number of benzene rings is 1. The van der Waals surface area contributed by atoms with Gasteiger partial charge < -0.3 is 14.6 Å². The normalized spacial score (nSPS) is 11.7. The molecule has 1 aromatic carbocycles. The molecule has 0 aliphatic carbocycles. The lowest BCUT2D eigenvalue weighted by Gasteiger charge is -2.21. The summed E-state index contributed by atoms with van der Waals surface area (Å²) in [5, 5.41) is 18.0. The minimum Gasteiger partial charge on any atom is -0.493 e. The Morgan fingerprint density at radius 1 is 1.42 bits per heavy atom. The molecule has 102 valence electrons. The summed E-state index contributed by atoms with van der Waals surface area (Å²) < 4.78 is 10.3. The summed E-state index contributed by atoms with van der Waals surface area (Å²) in [6.45, 7) is -0.216. The second-order valence-corrected chi connectivity index (χ2v) is 3.95. The molecule has 19 heavy (non-hydrogen) atoms. The molecule has 1 N–H and O–H groups in total. The first-order chi connectivity index (χ1) is 9.03. The first kappa shape index (κ1) is 14.8. The van der Waals surface area contributed by atoms with Crippen molar-refractivity contribution in [2.45, 2.75) is 6.04 Å². The Morgan fingerprint density at radius 3 is 2.53 bits per heavy atom. The highest BCUT2D eigenvalue weighted by molar-refractivity contribution is 5.69. The molecule has 1 unspecified atom stereocenters. The van der Waals surface area contributed by atoms with Gasteiger partial charge in [-0.15, -0.1) is 0 Å². The quantitative estimate of drug-likeness (QED) is 0.833. The number of carboxylic acids is 1. The lowest BCUT2D eigenvalue weighted by molar-refractivity contribution is -0.138. The molecule has 1 aromatic rings. The lowest BCUT2D eigenvalue weighted by Crippen LogP contribution is -2.29. The summed E-state index contributed by atoms with van der Waals surface area (Å²) >= 11 is 0. The minimum atomic E-state index is -0.983. The molecule has 0 aliphatic heterocycles. The summed E-state index contributed by atoms with van der Waals surface area (Å²) in [5.41, 5.74) is 0.656. The van der Waals surface area contributed by atoms with Gasteiger partial charge in [-0.3, -0.25) is 9.69 Å². The Morgan fingerprint density at radius 2 is 2.05 bits per heavy atom. The molecule has 0 amide bonds. The molecule has 0 heterocycles. The van der Waals surface area contributed by atoms with Crippen molar-refractivity contribution >= 4 is 5.97 Å². The average molecular weight is 264 g/mol. The lowest BCUT2D eigenvalue weighted by atomic mass is 10.1. The third-order valence-corrected chi connectivity index (χ3v) is 2.67. The second kappa shape index (κ2) is 6.61. The largest absolute Gasteiger partial charge is 0.493 e. The third-order valence-electron chi connectivity index (χ3n) is 2.67. The number of nitrogens with zero attached hydrogens (tertiary/aromatic N) is 2. The Kier molecular flexibility index (Phi) is 5.15. The molecule has 1 rings (SSSR count). The molecule has 0 saturated carbocycles. The molecule has 1 atom stereocenters. The van der Waals surface area contributed by atoms with Crippen LogP contribution < -0.4 is 9.47 Å². The maximum atomic E-state index is 10.7. The van der Waals surface area contributed by atoms with E-state index in [1.807, 2.05) is 0 Å². The molecule has 0 fully saturated rings. The van der Waals surface area contributed by atoms with Crippen LogP contribution in [0.5, 0.6) is 11.5 Å². The first-order valence-corrected chi connectivity index (χ1v) is 5.57. The van der Waals surface area contributed by atoms with Gasteiger partial charge in [0.2, 0.25) is 0 Å². The number of hydrogen-bond acceptors (Lipinski definition) is 5. The van der Waals surface area contributed by atoms with Crippen LogP contribution in [0.2, 0.25) is 0 Å². The van der Waals surface area contributed by atoms with Crippen molar-refractivity contribution in [3.63, 3.8) is 0 Å². The van der Waals surface area contributed by atoms with Crippen LogP contribution in [0.1, 0.15) is 11.6 Å². The topological polar surface area (TPSA) is 82.8 Å². The maximum Gasteiger partial charge on any atom is 0.317 e. The van der Waals surface area contributed by atoms with E-state index in [2.05, 4.69) is 6.07 Å². The SMILES string of the molecule is COc1ccc(C(C#N)N(C)CC(=O)O)cc1OC. The van der Waals surface area contributed by atoms with Crippen LogP contribution in [0.3, 0.4) is 0 Å². The first-order valence-electron chi connectivity index (χ1n) is 5.57. The van der Waals surface area contributed by atoms with E-state index in [1.165, 1.54) is 19.1 Å². The van der Waals surface area contributed by atoms with E-state index in [0.717, 1.165) is 0 Å². The van der Waals surface area contributed by atoms with Gasteiger partial charge in [0, 0.05) is 0 Å². The zero-order chi connectivity index (χ0) is 14.4. The van der Waals surface area contributed by atoms with Crippen LogP contribution in [0.4, 0.5) is 0 Å². The molecular formula is C13H16N2O4. The number of carboxylic acid groups (broad SMARTS) is 1. The van der Waals surface area contributed by atoms with Gasteiger partial charge in [-0.1, -0.05) is 6.07 Å². The number of ether oxygens (including phenoxy) is 2. The Balaban J connectivity index is 3.06. The van der Waals surface area contributed by atoms with E-state index in [0.29, 0.717) is 17.1 Å². The van der Waals surface area contributed by atoms with E-state index >= 15 is 0 Å². The van der Waals surface area contributed by atoms with Gasteiger partial charge in [-0.2, -0.15) is 5.26 Å². The van der Waals surface area contributed by atoms with Crippen molar-refractivity contribution in [3.05, 3.63) is 23.8 Å². The van der Waals surface area contributed by atoms with Crippen LogP contribution in [-0.4, -0.2) is 43.8 Å². The molecule has 0 spiro atoms. The van der Waals surface area contributed by atoms with Crippen molar-refractivity contribution in [3.8, 4) is 17.6 Å². The molecule has 0 radical (unpaired) electrons. The van der Waals surface area contributed by atoms with Crippen molar-refractivity contribution in [1.29, 1.82) is 5.26 Å². The fraction of sp³-hybridized carbons (Fsp3) is 0.385. The van der Waals surface area contributed by atoms with Gasteiger partial charge in [-0.05, 0) is 24.7 Å². The number of methoxy groups -OCH3 is 2. The molecule has 0 aromatic heterocycles. The Hall–Kier alpha value is -2.26. The van der Waals surface area contributed by atoms with Gasteiger partial charge >= 0.3 is 5.97 Å². The van der Waals surface area contributed by atoms with Crippen molar-refractivity contribution < 1.29 is 19.4 Å². The standard InChI is InChI=1S/C13H16N2O4/c1-15(8-13(16)17)10(7-14)9-4-5-11(18-2)12(6-9)19-3/h4-6,10H,8H2,1-3H3,(H,16,17). The highest BCUT2D eigenvalue weighted by atomic mass is 16.5. The van der Waals surface area contributed by atoms with Gasteiger partial charge in [0.05, 0.1) is 26.8 Å². The van der Waals surface area contributed by atoms with Crippen molar-refractivity contribution in [1.82, 2.24) is 4.90 Å². The van der Waals surface area contributed by atoms with E-state index < -0.39 is 12.0 Å². The van der Waals surface area contributed by atoms with Gasteiger partial charge in [0.1, 0.15) is 6.04 Å². The van der Waals surface area contributed by atoms with Crippen LogP contribution in [-0.2, 0) is 4.79 Å². The molecule has 0 aliphatic rings. The van der Waals surface area contributed by atoms with Gasteiger partial charge in [0.15, 0.2) is 11.5 Å². The zero-order valence-corrected chi connectivity index (χ0v) is 11.1. The number of nitriles is 1. The molecule has 6 heteroatoms. The second-order valence-electron chi connectivity index (χ2n) is 3.95. The van der Waals surface area contributed by atoms with E-state index in [4.69, 9.17) is 14.6 Å². The maximum absolute atomic E-state index is 10.7. The predicted molar refractivity (Wildman–Crippen MR) is 68.2 cm³/mol. The highest BCUT2D eigenvalue weighted by Crippen LogP contribution is 2.31. The van der Waals surface area contributed by atoms with Gasteiger partial charge in [-0.25, -0.2) is 0 Å². The highest BCUT2D eigenvalue weighted by Gasteiger charge is 2.20. The van der Waals surface area contributed by atoms with Crippen LogP contribution >= 0.6 is 0 Å². The third kappa shape index (κ3) is 3.60. The fourth-order valence-electron chi connectivity index (χ4n) is 1.76. The summed E-state index contributed by atoms with van der Waals surface area (Å²) in [4.78, 5) is 12.1. The van der Waals surface area contributed by atoms with E-state index in [1.54, 1.807) is 25.2 Å². The Bertz CT molecular complexity index is 496. The minimum absolute atomic E-state index is 0.216. The predicted octanol–water partition coefficient (Wildman–Crippen LogP) is 1.28. The zero-order valence-electron chi connectivity index (χ0n) is 11.1. The number of hydrogen-bond donors (Lipinski definition) is 1. The summed E-state index contributed by atoms with van der Waals surface area (Å²) in [6.07, 6.45) is 0. The number of rotatable bonds is 6. The Labute approximate surface area is 111 Å². The van der Waals surface area contributed by atoms with E-state index in [9.17, 15) is 10.1 Å². The molecule has 0 saturated heterocycles.